The quantitative estimate of drug-likeness (QED) is 0.618. The second kappa shape index (κ2) is 5.48. The Labute approximate surface area is 110 Å². The number of Topliss-reactive ketones (excluding diaryl/α,β-unsaturated/α-hetero) is 1. The van der Waals surface area contributed by atoms with Crippen LogP contribution in [0.4, 0.5) is 0 Å². The minimum Gasteiger partial charge on any atom is -0.296 e. The van der Waals surface area contributed by atoms with E-state index in [9.17, 15) is 9.59 Å². The number of rotatable bonds is 4. The second-order valence-electron chi connectivity index (χ2n) is 4.34. The van der Waals surface area contributed by atoms with Gasteiger partial charge in [0.2, 0.25) is 0 Å². The monoisotopic (exact) mass is 255 g/mol. The molecule has 5 heteroatoms. The lowest BCUT2D eigenvalue weighted by atomic mass is 10.0. The summed E-state index contributed by atoms with van der Waals surface area (Å²) in [4.78, 5) is 35.3. The molecule has 96 valence electrons. The summed E-state index contributed by atoms with van der Waals surface area (Å²) >= 11 is 0. The van der Waals surface area contributed by atoms with E-state index in [0.717, 1.165) is 0 Å². The van der Waals surface area contributed by atoms with Crippen LogP contribution in [0.1, 0.15) is 34.7 Å². The van der Waals surface area contributed by atoms with E-state index in [1.807, 2.05) is 0 Å². The zero-order valence-electron chi connectivity index (χ0n) is 10.7. The Morgan fingerprint density at radius 2 is 2.05 bits per heavy atom. The summed E-state index contributed by atoms with van der Waals surface area (Å²) in [5.74, 6) is -0.0133. The first-order valence-corrected chi connectivity index (χ1v) is 5.91. The highest BCUT2D eigenvalue weighted by atomic mass is 16.1. The van der Waals surface area contributed by atoms with Crippen LogP contribution in [0.3, 0.4) is 0 Å². The number of nitrogens with zero attached hydrogens (tertiary/aromatic N) is 3. The van der Waals surface area contributed by atoms with Gasteiger partial charge in [0, 0.05) is 18.3 Å². The predicted molar refractivity (Wildman–Crippen MR) is 69.8 cm³/mol. The van der Waals surface area contributed by atoms with Gasteiger partial charge in [-0.05, 0) is 12.1 Å². The molecule has 0 bridgehead atoms. The molecule has 0 saturated heterocycles. The lowest BCUT2D eigenvalue weighted by Crippen LogP contribution is -2.13. The van der Waals surface area contributed by atoms with E-state index in [2.05, 4.69) is 15.0 Å². The summed E-state index contributed by atoms with van der Waals surface area (Å²) in [6.07, 6.45) is 3.58. The predicted octanol–water partition coefficient (Wildman–Crippen LogP) is 2.19. The van der Waals surface area contributed by atoms with Gasteiger partial charge in [-0.15, -0.1) is 0 Å². The van der Waals surface area contributed by atoms with Crippen LogP contribution in [0.15, 0.2) is 30.6 Å². The molecule has 19 heavy (non-hydrogen) atoms. The molecule has 0 spiro atoms. The van der Waals surface area contributed by atoms with Gasteiger partial charge in [-0.2, -0.15) is 0 Å². The lowest BCUT2D eigenvalue weighted by Gasteiger charge is -2.07. The van der Waals surface area contributed by atoms with E-state index in [1.165, 1.54) is 6.20 Å². The smallest absolute Gasteiger partial charge is 0.178 e. The molecule has 2 rings (SSSR count). The number of carbonyl (C=O) groups excluding carboxylic acids is 2. The normalized spacial score (nSPS) is 10.5. The maximum absolute atomic E-state index is 11.9. The van der Waals surface area contributed by atoms with Crippen molar-refractivity contribution in [3.63, 3.8) is 0 Å². The van der Waals surface area contributed by atoms with Crippen molar-refractivity contribution in [1.82, 2.24) is 15.0 Å². The van der Waals surface area contributed by atoms with E-state index >= 15 is 0 Å². The van der Waals surface area contributed by atoms with Gasteiger partial charge in [-0.3, -0.25) is 14.6 Å². The van der Waals surface area contributed by atoms with Crippen LogP contribution >= 0.6 is 0 Å². The Morgan fingerprint density at radius 3 is 2.63 bits per heavy atom. The summed E-state index contributed by atoms with van der Waals surface area (Å²) in [7, 11) is 0. The van der Waals surface area contributed by atoms with Gasteiger partial charge in [0.15, 0.2) is 17.9 Å². The summed E-state index contributed by atoms with van der Waals surface area (Å²) in [6, 6.07) is 5.33. The summed E-state index contributed by atoms with van der Waals surface area (Å²) < 4.78 is 0. The summed E-state index contributed by atoms with van der Waals surface area (Å²) in [6.45, 7) is 3.53. The van der Waals surface area contributed by atoms with Gasteiger partial charge < -0.3 is 0 Å². The Kier molecular flexibility index (Phi) is 3.75. The molecular weight excluding hydrogens is 242 g/mol. The Bertz CT molecular complexity index is 609. The molecule has 2 aromatic heterocycles. The van der Waals surface area contributed by atoms with Crippen LogP contribution in [0.2, 0.25) is 0 Å². The average Bonchev–Trinajstić information content (AvgIpc) is 2.46. The van der Waals surface area contributed by atoms with Crippen molar-refractivity contribution in [2.24, 2.45) is 5.92 Å². The fraction of sp³-hybridized carbons (Fsp3) is 0.214. The zero-order valence-corrected chi connectivity index (χ0v) is 10.7. The first-order valence-electron chi connectivity index (χ1n) is 5.91. The Balaban J connectivity index is 2.48. The molecule has 0 aliphatic heterocycles. The molecule has 0 fully saturated rings. The fourth-order valence-electron chi connectivity index (χ4n) is 1.60. The first kappa shape index (κ1) is 13.0. The molecule has 2 aromatic rings. The van der Waals surface area contributed by atoms with E-state index < -0.39 is 0 Å². The van der Waals surface area contributed by atoms with Crippen molar-refractivity contribution in [3.05, 3.63) is 41.9 Å². The van der Waals surface area contributed by atoms with Crippen LogP contribution in [0.5, 0.6) is 0 Å². The van der Waals surface area contributed by atoms with Gasteiger partial charge in [-0.1, -0.05) is 19.9 Å². The van der Waals surface area contributed by atoms with Gasteiger partial charge in [0.1, 0.15) is 11.4 Å². The van der Waals surface area contributed by atoms with Crippen molar-refractivity contribution in [2.45, 2.75) is 13.8 Å². The highest BCUT2D eigenvalue weighted by molar-refractivity contribution is 6.02. The molecule has 0 saturated carbocycles. The number of aromatic nitrogens is 3. The minimum absolute atomic E-state index is 0.106. The molecule has 0 N–H and O–H groups in total. The number of hydrogen-bond acceptors (Lipinski definition) is 5. The maximum atomic E-state index is 11.9. The van der Waals surface area contributed by atoms with Crippen LogP contribution in [0, 0.1) is 5.92 Å². The molecule has 0 unspecified atom stereocenters. The molecule has 0 aliphatic carbocycles. The Morgan fingerprint density at radius 1 is 1.26 bits per heavy atom. The van der Waals surface area contributed by atoms with Gasteiger partial charge in [0.25, 0.3) is 0 Å². The minimum atomic E-state index is -0.206. The SMILES string of the molecule is CC(C)C(=O)c1cnc(-c2ccccn2)nc1C=O. The molecule has 0 aromatic carbocycles. The van der Waals surface area contributed by atoms with E-state index in [-0.39, 0.29) is 23.0 Å². The van der Waals surface area contributed by atoms with E-state index in [0.29, 0.717) is 17.8 Å². The number of pyridine rings is 1. The molecule has 0 atom stereocenters. The van der Waals surface area contributed by atoms with Gasteiger partial charge in [-0.25, -0.2) is 9.97 Å². The molecule has 0 aliphatic rings. The van der Waals surface area contributed by atoms with Crippen molar-refractivity contribution >= 4 is 12.1 Å². The Hall–Kier alpha value is -2.43. The van der Waals surface area contributed by atoms with Crippen molar-refractivity contribution in [3.8, 4) is 11.5 Å². The highest BCUT2D eigenvalue weighted by Crippen LogP contribution is 2.15. The van der Waals surface area contributed by atoms with Gasteiger partial charge >= 0.3 is 0 Å². The lowest BCUT2D eigenvalue weighted by molar-refractivity contribution is 0.0933. The second-order valence-corrected chi connectivity index (χ2v) is 4.34. The molecule has 0 amide bonds. The van der Waals surface area contributed by atoms with Gasteiger partial charge in [0.05, 0.1) is 5.56 Å². The third-order valence-corrected chi connectivity index (χ3v) is 2.61. The highest BCUT2D eigenvalue weighted by Gasteiger charge is 2.17. The molecule has 0 radical (unpaired) electrons. The number of ketones is 1. The number of hydrogen-bond donors (Lipinski definition) is 0. The number of carbonyl (C=O) groups is 2. The third-order valence-electron chi connectivity index (χ3n) is 2.61. The molecular formula is C14H13N3O2. The maximum Gasteiger partial charge on any atom is 0.178 e. The third kappa shape index (κ3) is 2.70. The largest absolute Gasteiger partial charge is 0.296 e. The van der Waals surface area contributed by atoms with Crippen LogP contribution < -0.4 is 0 Å². The van der Waals surface area contributed by atoms with Crippen molar-refractivity contribution in [1.29, 1.82) is 0 Å². The summed E-state index contributed by atoms with van der Waals surface area (Å²) in [5, 5.41) is 0. The van der Waals surface area contributed by atoms with Crippen molar-refractivity contribution < 1.29 is 9.59 Å². The van der Waals surface area contributed by atoms with Crippen LogP contribution in [-0.4, -0.2) is 27.0 Å². The zero-order chi connectivity index (χ0) is 13.8. The topological polar surface area (TPSA) is 72.8 Å². The summed E-state index contributed by atoms with van der Waals surface area (Å²) in [5.41, 5.74) is 0.924. The standard InChI is InChI=1S/C14H13N3O2/c1-9(2)13(19)10-7-16-14(17-12(10)8-18)11-5-3-4-6-15-11/h3-9H,1-2H3. The number of aldehydes is 1. The molecule has 5 nitrogen and oxygen atoms in total. The molecule has 2 heterocycles. The van der Waals surface area contributed by atoms with E-state index in [1.54, 1.807) is 38.2 Å². The fourth-order valence-corrected chi connectivity index (χ4v) is 1.60. The average molecular weight is 255 g/mol. The first-order chi connectivity index (χ1) is 9.13. The van der Waals surface area contributed by atoms with Crippen LogP contribution in [-0.2, 0) is 0 Å². The van der Waals surface area contributed by atoms with E-state index in [4.69, 9.17) is 0 Å². The van der Waals surface area contributed by atoms with Crippen molar-refractivity contribution in [2.75, 3.05) is 0 Å². The van der Waals surface area contributed by atoms with Crippen LogP contribution in [0.25, 0.3) is 11.5 Å².